The van der Waals surface area contributed by atoms with E-state index in [0.717, 1.165) is 19.3 Å². The fourth-order valence-corrected chi connectivity index (χ4v) is 1.87. The molecule has 1 aromatic rings. The molecule has 1 aromatic carbocycles. The Morgan fingerprint density at radius 3 is 2.68 bits per heavy atom. The first-order valence-electron chi connectivity index (χ1n) is 6.48. The molecule has 19 heavy (non-hydrogen) atoms. The second-order valence-corrected chi connectivity index (χ2v) is 5.01. The van der Waals surface area contributed by atoms with Gasteiger partial charge in [0.15, 0.2) is 0 Å². The van der Waals surface area contributed by atoms with Crippen molar-refractivity contribution >= 4 is 17.3 Å². The van der Waals surface area contributed by atoms with Crippen molar-refractivity contribution in [2.75, 3.05) is 17.6 Å². The third-order valence-corrected chi connectivity index (χ3v) is 2.93. The largest absolute Gasteiger partial charge is 0.478 e. The second kappa shape index (κ2) is 6.97. The van der Waals surface area contributed by atoms with Crippen molar-refractivity contribution in [1.82, 2.24) is 0 Å². The number of hydrogen-bond acceptors (Lipinski definition) is 3. The Balaban J connectivity index is 2.63. The van der Waals surface area contributed by atoms with Crippen molar-refractivity contribution < 1.29 is 14.3 Å². The minimum atomic E-state index is -1.22. The Labute approximate surface area is 112 Å². The number of aromatic carboxylic acids is 1. The van der Waals surface area contributed by atoms with E-state index in [1.54, 1.807) is 0 Å². The van der Waals surface area contributed by atoms with Crippen LogP contribution < -0.4 is 11.1 Å². The fraction of sp³-hybridized carbons (Fsp3) is 0.500. The number of nitrogens with one attached hydrogen (secondary N) is 1. The summed E-state index contributed by atoms with van der Waals surface area (Å²) in [5.74, 6) is -1.26. The highest BCUT2D eigenvalue weighted by atomic mass is 19.1. The number of rotatable bonds is 7. The number of carbonyl (C=O) groups is 1. The number of benzene rings is 1. The SMILES string of the molecule is CC(C)CCCCNc1ccc(F)c(N)c1C(=O)O. The van der Waals surface area contributed by atoms with Crippen LogP contribution in [-0.4, -0.2) is 17.6 Å². The molecule has 5 heteroatoms. The zero-order valence-electron chi connectivity index (χ0n) is 11.4. The Hall–Kier alpha value is -1.78. The van der Waals surface area contributed by atoms with Crippen LogP contribution in [0.2, 0.25) is 0 Å². The third kappa shape index (κ3) is 4.43. The van der Waals surface area contributed by atoms with Gasteiger partial charge < -0.3 is 16.2 Å². The third-order valence-electron chi connectivity index (χ3n) is 2.93. The molecule has 0 heterocycles. The molecule has 0 aliphatic rings. The van der Waals surface area contributed by atoms with Gasteiger partial charge in [-0.25, -0.2) is 9.18 Å². The number of halogens is 1. The summed E-state index contributed by atoms with van der Waals surface area (Å²) in [6, 6.07) is 2.59. The highest BCUT2D eigenvalue weighted by Gasteiger charge is 2.16. The topological polar surface area (TPSA) is 75.3 Å². The predicted octanol–water partition coefficient (Wildman–Crippen LogP) is 3.34. The molecule has 0 fully saturated rings. The van der Waals surface area contributed by atoms with E-state index < -0.39 is 11.8 Å². The van der Waals surface area contributed by atoms with Crippen molar-refractivity contribution in [2.24, 2.45) is 5.92 Å². The standard InChI is InChI=1S/C14H21FN2O2/c1-9(2)5-3-4-8-17-11-7-6-10(15)13(16)12(11)14(18)19/h6-7,9,17H,3-5,8,16H2,1-2H3,(H,18,19). The Kier molecular flexibility index (Phi) is 5.60. The van der Waals surface area contributed by atoms with Crippen LogP contribution in [0.15, 0.2) is 12.1 Å². The van der Waals surface area contributed by atoms with E-state index in [9.17, 15) is 9.18 Å². The van der Waals surface area contributed by atoms with Crippen molar-refractivity contribution in [3.05, 3.63) is 23.5 Å². The highest BCUT2D eigenvalue weighted by Crippen LogP contribution is 2.25. The molecule has 0 aromatic heterocycles. The lowest BCUT2D eigenvalue weighted by Gasteiger charge is -2.12. The average Bonchev–Trinajstić information content (AvgIpc) is 2.32. The van der Waals surface area contributed by atoms with Gasteiger partial charge in [-0.15, -0.1) is 0 Å². The first-order valence-corrected chi connectivity index (χ1v) is 6.48. The fourth-order valence-electron chi connectivity index (χ4n) is 1.87. The summed E-state index contributed by atoms with van der Waals surface area (Å²) in [7, 11) is 0. The Morgan fingerprint density at radius 1 is 1.42 bits per heavy atom. The smallest absolute Gasteiger partial charge is 0.340 e. The zero-order valence-corrected chi connectivity index (χ0v) is 11.4. The summed E-state index contributed by atoms with van der Waals surface area (Å²) in [5.41, 5.74) is 5.32. The molecule has 0 aliphatic carbocycles. The van der Waals surface area contributed by atoms with Gasteiger partial charge in [-0.3, -0.25) is 0 Å². The number of nitrogens with two attached hydrogens (primary N) is 1. The normalized spacial score (nSPS) is 10.7. The molecule has 1 rings (SSSR count). The highest BCUT2D eigenvalue weighted by molar-refractivity contribution is 6.00. The van der Waals surface area contributed by atoms with Crippen LogP contribution in [0, 0.1) is 11.7 Å². The predicted molar refractivity (Wildman–Crippen MR) is 75.0 cm³/mol. The average molecular weight is 268 g/mol. The van der Waals surface area contributed by atoms with Gasteiger partial charge in [0.2, 0.25) is 0 Å². The first-order chi connectivity index (χ1) is 8.93. The molecule has 106 valence electrons. The summed E-state index contributed by atoms with van der Waals surface area (Å²) in [5, 5.41) is 12.1. The summed E-state index contributed by atoms with van der Waals surface area (Å²) < 4.78 is 13.2. The van der Waals surface area contributed by atoms with E-state index in [-0.39, 0.29) is 11.3 Å². The molecular weight excluding hydrogens is 247 g/mol. The van der Waals surface area contributed by atoms with Gasteiger partial charge in [0, 0.05) is 6.54 Å². The van der Waals surface area contributed by atoms with Crippen molar-refractivity contribution in [3.8, 4) is 0 Å². The Bertz CT molecular complexity index is 447. The van der Waals surface area contributed by atoms with Gasteiger partial charge in [-0.1, -0.05) is 26.7 Å². The zero-order chi connectivity index (χ0) is 14.4. The van der Waals surface area contributed by atoms with Crippen LogP contribution in [0.5, 0.6) is 0 Å². The van der Waals surface area contributed by atoms with Crippen LogP contribution in [0.3, 0.4) is 0 Å². The molecular formula is C14H21FN2O2. The quantitative estimate of drug-likeness (QED) is 0.523. The van der Waals surface area contributed by atoms with Gasteiger partial charge in [-0.2, -0.15) is 0 Å². The molecule has 0 amide bonds. The molecule has 0 saturated carbocycles. The van der Waals surface area contributed by atoms with Crippen LogP contribution in [0.1, 0.15) is 43.5 Å². The van der Waals surface area contributed by atoms with Crippen LogP contribution in [0.25, 0.3) is 0 Å². The van der Waals surface area contributed by atoms with E-state index in [1.807, 2.05) is 0 Å². The summed E-state index contributed by atoms with van der Waals surface area (Å²) in [6.07, 6.45) is 3.15. The molecule has 0 atom stereocenters. The molecule has 0 spiro atoms. The number of anilines is 2. The van der Waals surface area contributed by atoms with Crippen LogP contribution in [-0.2, 0) is 0 Å². The van der Waals surface area contributed by atoms with Crippen LogP contribution >= 0.6 is 0 Å². The summed E-state index contributed by atoms with van der Waals surface area (Å²) in [6.45, 7) is 4.98. The van der Waals surface area contributed by atoms with E-state index in [2.05, 4.69) is 19.2 Å². The molecule has 0 saturated heterocycles. The van der Waals surface area contributed by atoms with E-state index in [4.69, 9.17) is 10.8 Å². The monoisotopic (exact) mass is 268 g/mol. The van der Waals surface area contributed by atoms with Gasteiger partial charge in [0.25, 0.3) is 0 Å². The Morgan fingerprint density at radius 2 is 2.11 bits per heavy atom. The van der Waals surface area contributed by atoms with E-state index >= 15 is 0 Å². The van der Waals surface area contributed by atoms with Gasteiger partial charge in [-0.05, 0) is 24.5 Å². The lowest BCUT2D eigenvalue weighted by atomic mass is 10.1. The number of unbranched alkanes of at least 4 members (excludes halogenated alkanes) is 1. The number of carboxylic acids is 1. The second-order valence-electron chi connectivity index (χ2n) is 5.01. The van der Waals surface area contributed by atoms with Crippen molar-refractivity contribution in [3.63, 3.8) is 0 Å². The van der Waals surface area contributed by atoms with Gasteiger partial charge >= 0.3 is 5.97 Å². The lowest BCUT2D eigenvalue weighted by Crippen LogP contribution is -2.11. The molecule has 0 aliphatic heterocycles. The molecule has 0 bridgehead atoms. The maximum atomic E-state index is 13.2. The number of hydrogen-bond donors (Lipinski definition) is 3. The van der Waals surface area contributed by atoms with Gasteiger partial charge in [0.05, 0.1) is 11.4 Å². The minimum Gasteiger partial charge on any atom is -0.478 e. The summed E-state index contributed by atoms with van der Waals surface area (Å²) >= 11 is 0. The first kappa shape index (κ1) is 15.3. The van der Waals surface area contributed by atoms with Crippen molar-refractivity contribution in [2.45, 2.75) is 33.1 Å². The summed E-state index contributed by atoms with van der Waals surface area (Å²) in [4.78, 5) is 11.1. The van der Waals surface area contributed by atoms with Gasteiger partial charge in [0.1, 0.15) is 11.4 Å². The molecule has 4 N–H and O–H groups in total. The van der Waals surface area contributed by atoms with Crippen LogP contribution in [0.4, 0.5) is 15.8 Å². The number of carboxylic acid groups (broad SMARTS) is 1. The molecule has 4 nitrogen and oxygen atoms in total. The van der Waals surface area contributed by atoms with E-state index in [1.165, 1.54) is 12.1 Å². The molecule has 0 radical (unpaired) electrons. The molecule has 0 unspecified atom stereocenters. The van der Waals surface area contributed by atoms with E-state index in [0.29, 0.717) is 18.2 Å². The lowest BCUT2D eigenvalue weighted by molar-refractivity contribution is 0.0698. The number of nitrogen functional groups attached to an aromatic ring is 1. The minimum absolute atomic E-state index is 0.191. The van der Waals surface area contributed by atoms with Crippen molar-refractivity contribution in [1.29, 1.82) is 0 Å². The maximum absolute atomic E-state index is 13.2. The maximum Gasteiger partial charge on any atom is 0.340 e.